The Morgan fingerprint density at radius 2 is 1.39 bits per heavy atom. The normalized spacial score (nSPS) is 14.1. The van der Waals surface area contributed by atoms with Gasteiger partial charge >= 0.3 is 31.1 Å². The molecule has 0 spiro atoms. The summed E-state index contributed by atoms with van der Waals surface area (Å²) >= 11 is 0. The van der Waals surface area contributed by atoms with Crippen LogP contribution < -0.4 is 0 Å². The first-order chi connectivity index (χ1) is 12.1. The number of aryl methyl sites for hydroxylation is 2. The van der Waals surface area contributed by atoms with Crippen molar-refractivity contribution in [2.24, 2.45) is 0 Å². The third kappa shape index (κ3) is 3.87. The van der Waals surface area contributed by atoms with E-state index >= 15 is 0 Å². The molecule has 1 aliphatic rings. The fourth-order valence-electron chi connectivity index (χ4n) is 5.18. The van der Waals surface area contributed by atoms with Crippen LogP contribution in [0.2, 0.25) is 0 Å². The Kier molecular flexibility index (Phi) is 7.50. The van der Waals surface area contributed by atoms with E-state index in [1.807, 2.05) is 0 Å². The van der Waals surface area contributed by atoms with Gasteiger partial charge in [-0.25, -0.2) is 0 Å². The molecule has 0 atom stereocenters. The molecule has 28 heavy (non-hydrogen) atoms. The molecule has 0 unspecified atom stereocenters. The summed E-state index contributed by atoms with van der Waals surface area (Å²) in [5.74, 6) is 0. The molecule has 0 saturated carbocycles. The maximum atomic E-state index is 4.32. The van der Waals surface area contributed by atoms with Crippen LogP contribution >= 0.6 is 0 Å². The van der Waals surface area contributed by atoms with E-state index in [4.69, 9.17) is 0 Å². The quantitative estimate of drug-likeness (QED) is 0.229. The van der Waals surface area contributed by atoms with Crippen LogP contribution in [0.3, 0.4) is 0 Å². The van der Waals surface area contributed by atoms with Gasteiger partial charge in [0.1, 0.15) is 0 Å². The average Bonchev–Trinajstić information content (AvgIpc) is 2.89. The maximum absolute atomic E-state index is 4.32. The molecule has 3 aromatic rings. The molecular formula is C26H32U2. The Morgan fingerprint density at radius 3 is 1.93 bits per heavy atom. The van der Waals surface area contributed by atoms with Gasteiger partial charge in [-0.3, -0.25) is 0 Å². The van der Waals surface area contributed by atoms with Gasteiger partial charge in [0.25, 0.3) is 0 Å². The van der Waals surface area contributed by atoms with E-state index in [-0.39, 0.29) is 73.1 Å². The number of benzene rings is 2. The smallest absolute Gasteiger partial charge is 0.346 e. The molecule has 0 saturated heterocycles. The number of hydrogen-bond donors (Lipinski definition) is 0. The number of rotatable bonds is 1. The fraction of sp³-hybridized carbons (Fsp3) is 0.462. The van der Waals surface area contributed by atoms with Gasteiger partial charge in [-0.05, 0) is 10.8 Å². The van der Waals surface area contributed by atoms with Crippen molar-refractivity contribution in [1.29, 1.82) is 0 Å². The van der Waals surface area contributed by atoms with Crippen LogP contribution in [-0.4, -0.2) is 0 Å². The summed E-state index contributed by atoms with van der Waals surface area (Å²) in [5.41, 5.74) is 8.06. The largest absolute Gasteiger partial charge is 2.00 e. The van der Waals surface area contributed by atoms with Crippen LogP contribution in [0.25, 0.3) is 21.5 Å². The van der Waals surface area contributed by atoms with Crippen LogP contribution in [-0.2, 0) is 30.1 Å². The first kappa shape index (κ1) is 24.7. The molecule has 0 aliphatic heterocycles. The van der Waals surface area contributed by atoms with Gasteiger partial charge in [0, 0.05) is 31.1 Å². The van der Waals surface area contributed by atoms with Crippen molar-refractivity contribution in [2.75, 3.05) is 0 Å². The Morgan fingerprint density at radius 1 is 0.857 bits per heavy atom. The van der Waals surface area contributed by atoms with E-state index in [2.05, 4.69) is 72.7 Å². The second kappa shape index (κ2) is 8.51. The summed E-state index contributed by atoms with van der Waals surface area (Å²) in [6, 6.07) is 9.53. The molecule has 0 bridgehead atoms. The minimum atomic E-state index is 0. The van der Waals surface area contributed by atoms with E-state index in [1.165, 1.54) is 52.1 Å². The summed E-state index contributed by atoms with van der Waals surface area (Å²) < 4.78 is 0. The zero-order valence-electron chi connectivity index (χ0n) is 18.3. The summed E-state index contributed by atoms with van der Waals surface area (Å²) in [5, 5.41) is 6.01. The third-order valence-electron chi connectivity index (χ3n) is 6.24. The third-order valence-corrected chi connectivity index (χ3v) is 6.24. The molecule has 0 N–H and O–H groups in total. The molecule has 0 amide bonds. The van der Waals surface area contributed by atoms with E-state index in [1.54, 1.807) is 16.5 Å². The minimum absolute atomic E-state index is 0. The molecule has 1 aliphatic carbocycles. The predicted octanol–water partition coefficient (Wildman–Crippen LogP) is 7.17. The van der Waals surface area contributed by atoms with Gasteiger partial charge in [-0.1, -0.05) is 96.2 Å². The molecule has 0 nitrogen and oxygen atoms in total. The molecule has 2 heteroatoms. The number of hydrogen-bond acceptors (Lipinski definition) is 0. The van der Waals surface area contributed by atoms with Gasteiger partial charge in [0.15, 0.2) is 0 Å². The zero-order valence-corrected chi connectivity index (χ0v) is 26.7. The molecule has 0 aromatic heterocycles. The van der Waals surface area contributed by atoms with Gasteiger partial charge in [0.2, 0.25) is 0 Å². The summed E-state index contributed by atoms with van der Waals surface area (Å²) in [7, 11) is 0. The van der Waals surface area contributed by atoms with E-state index in [9.17, 15) is 0 Å². The Labute approximate surface area is 218 Å². The van der Waals surface area contributed by atoms with Crippen LogP contribution in [0.5, 0.6) is 0 Å². The molecule has 0 radical (unpaired) electrons. The first-order valence-corrected chi connectivity index (χ1v) is 10.1. The van der Waals surface area contributed by atoms with Gasteiger partial charge < -0.3 is 6.92 Å². The van der Waals surface area contributed by atoms with Crippen molar-refractivity contribution in [3.05, 3.63) is 59.0 Å². The first-order valence-electron chi connectivity index (χ1n) is 10.1. The molecule has 144 valence electrons. The van der Waals surface area contributed by atoms with Gasteiger partial charge in [0.05, 0.1) is 0 Å². The van der Waals surface area contributed by atoms with E-state index in [0.29, 0.717) is 0 Å². The maximum Gasteiger partial charge on any atom is 2.00 e. The molecule has 3 aromatic carbocycles. The topological polar surface area (TPSA) is 0 Å². The van der Waals surface area contributed by atoms with Crippen molar-refractivity contribution in [3.8, 4) is 0 Å². The summed E-state index contributed by atoms with van der Waals surface area (Å²) in [6.45, 7) is 18.3. The van der Waals surface area contributed by atoms with Crippen LogP contribution in [0.4, 0.5) is 0 Å². The van der Waals surface area contributed by atoms with Crippen LogP contribution in [0, 0.1) is 69.2 Å². The SMILES string of the molecule is [CH2-]Cc1c(C(C)(C)C)ccc2c3ccc(C(C)(C)C)c4c3[c-](c12)CCC4.[U+2].[U]. The Balaban J connectivity index is 0.00000140. The fourth-order valence-corrected chi connectivity index (χ4v) is 5.18. The van der Waals surface area contributed by atoms with Crippen molar-refractivity contribution in [3.63, 3.8) is 0 Å². The predicted molar refractivity (Wildman–Crippen MR) is 116 cm³/mol. The second-order valence-corrected chi connectivity index (χ2v) is 10.1. The van der Waals surface area contributed by atoms with Crippen LogP contribution in [0.1, 0.15) is 75.8 Å². The molecular weight excluding hydrogens is 788 g/mol. The van der Waals surface area contributed by atoms with Crippen molar-refractivity contribution >= 4 is 21.5 Å². The molecule has 4 rings (SSSR count). The number of fused-ring (bicyclic) bond motifs is 3. The van der Waals surface area contributed by atoms with Crippen LogP contribution in [0.15, 0.2) is 24.3 Å². The summed E-state index contributed by atoms with van der Waals surface area (Å²) in [4.78, 5) is 0. The van der Waals surface area contributed by atoms with E-state index < -0.39 is 0 Å². The van der Waals surface area contributed by atoms with Gasteiger partial charge in [-0.2, -0.15) is 6.42 Å². The van der Waals surface area contributed by atoms with Gasteiger partial charge in [-0.15, -0.1) is 38.2 Å². The Bertz CT molecular complexity index is 1010. The standard InChI is InChI=1S/C26H32.2U/c1-8-16-21(25(2,3)4)14-12-17-18-13-15-22(26(5,6)7)19-10-9-11-20(23(16)17)24(18)19;;/h12-15H,1,8-11H2,2-7H3;;/q-2;;+2. The zero-order chi connectivity index (χ0) is 18.9. The monoisotopic (exact) mass is 820 g/mol. The minimum Gasteiger partial charge on any atom is -0.346 e. The second-order valence-electron chi connectivity index (χ2n) is 10.1. The van der Waals surface area contributed by atoms with Crippen molar-refractivity contribution < 1.29 is 62.2 Å². The molecule has 0 fully saturated rings. The Hall–Kier alpha value is 0.414. The van der Waals surface area contributed by atoms with E-state index in [0.717, 1.165) is 6.42 Å². The van der Waals surface area contributed by atoms with Crippen molar-refractivity contribution in [1.82, 2.24) is 0 Å². The average molecular weight is 821 g/mol. The summed E-state index contributed by atoms with van der Waals surface area (Å²) in [6.07, 6.45) is 4.57. The molecule has 0 heterocycles. The van der Waals surface area contributed by atoms with Crippen molar-refractivity contribution in [2.45, 2.75) is 78.1 Å².